The number of benzene rings is 1. The van der Waals surface area contributed by atoms with Crippen molar-refractivity contribution in [3.05, 3.63) is 53.9 Å². The van der Waals surface area contributed by atoms with Gasteiger partial charge in [-0.25, -0.2) is 0 Å². The van der Waals surface area contributed by atoms with Gasteiger partial charge < -0.3 is 14.6 Å². The van der Waals surface area contributed by atoms with Gasteiger partial charge in [-0.3, -0.25) is 4.98 Å². The van der Waals surface area contributed by atoms with Crippen molar-refractivity contribution in [2.75, 3.05) is 5.32 Å². The van der Waals surface area contributed by atoms with E-state index in [2.05, 4.69) is 25.2 Å². The van der Waals surface area contributed by atoms with Crippen molar-refractivity contribution < 1.29 is 18.0 Å². The number of aromatic nitrogens is 3. The molecule has 0 bridgehead atoms. The second kappa shape index (κ2) is 7.03. The van der Waals surface area contributed by atoms with Crippen LogP contribution in [0.25, 0.3) is 11.4 Å². The number of nitrogens with zero attached hydrogens (tertiary/aromatic N) is 3. The van der Waals surface area contributed by atoms with E-state index in [0.29, 0.717) is 18.1 Å². The fourth-order valence-electron chi connectivity index (χ4n) is 1.97. The van der Waals surface area contributed by atoms with Gasteiger partial charge in [0.15, 0.2) is 0 Å². The lowest BCUT2D eigenvalue weighted by Gasteiger charge is -2.05. The van der Waals surface area contributed by atoms with Crippen molar-refractivity contribution in [3.8, 4) is 17.1 Å². The molecular formula is C16H14F2N4O2. The van der Waals surface area contributed by atoms with Crippen molar-refractivity contribution >= 4 is 6.01 Å². The van der Waals surface area contributed by atoms with Gasteiger partial charge in [0.25, 0.3) is 0 Å². The maximum atomic E-state index is 12.1. The van der Waals surface area contributed by atoms with E-state index >= 15 is 0 Å². The Hall–Kier alpha value is -3.03. The normalized spacial score (nSPS) is 10.8. The molecule has 6 nitrogen and oxygen atoms in total. The topological polar surface area (TPSA) is 73.1 Å². The van der Waals surface area contributed by atoms with Crippen LogP contribution in [0.1, 0.15) is 11.3 Å². The molecule has 0 radical (unpaired) electrons. The van der Waals surface area contributed by atoms with E-state index in [1.54, 1.807) is 6.07 Å². The SMILES string of the molecule is Cc1ccc(-c2noc(NCc3ccc(OC(F)F)cn3)n2)cc1. The minimum absolute atomic E-state index is 0.00759. The molecule has 8 heteroatoms. The van der Waals surface area contributed by atoms with Crippen molar-refractivity contribution in [3.63, 3.8) is 0 Å². The molecule has 0 saturated carbocycles. The molecule has 0 amide bonds. The van der Waals surface area contributed by atoms with Crippen molar-refractivity contribution in [2.24, 2.45) is 0 Å². The predicted molar refractivity (Wildman–Crippen MR) is 82.7 cm³/mol. The summed E-state index contributed by atoms with van der Waals surface area (Å²) in [6, 6.07) is 11.0. The molecule has 0 aliphatic carbocycles. The molecule has 3 rings (SSSR count). The molecule has 1 aromatic carbocycles. The Labute approximate surface area is 136 Å². The van der Waals surface area contributed by atoms with Crippen LogP contribution in [0.15, 0.2) is 47.1 Å². The summed E-state index contributed by atoms with van der Waals surface area (Å²) in [6.45, 7) is -0.559. The summed E-state index contributed by atoms with van der Waals surface area (Å²) in [6.07, 6.45) is 1.23. The fraction of sp³-hybridized carbons (Fsp3) is 0.188. The highest BCUT2D eigenvalue weighted by atomic mass is 19.3. The summed E-state index contributed by atoms with van der Waals surface area (Å²) in [4.78, 5) is 8.25. The van der Waals surface area contributed by atoms with Crippen LogP contribution in [0.5, 0.6) is 5.75 Å². The van der Waals surface area contributed by atoms with Crippen molar-refractivity contribution in [1.29, 1.82) is 0 Å². The summed E-state index contributed by atoms with van der Waals surface area (Å²) in [7, 11) is 0. The molecule has 24 heavy (non-hydrogen) atoms. The van der Waals surface area contributed by atoms with Crippen molar-refractivity contribution in [2.45, 2.75) is 20.1 Å². The third-order valence-electron chi connectivity index (χ3n) is 3.18. The van der Waals surface area contributed by atoms with Crippen molar-refractivity contribution in [1.82, 2.24) is 15.1 Å². The molecule has 0 aliphatic rings. The van der Waals surface area contributed by atoms with Gasteiger partial charge in [-0.1, -0.05) is 35.0 Å². The molecule has 0 saturated heterocycles. The number of ether oxygens (including phenoxy) is 1. The third-order valence-corrected chi connectivity index (χ3v) is 3.18. The van der Waals surface area contributed by atoms with Gasteiger partial charge in [0, 0.05) is 5.56 Å². The summed E-state index contributed by atoms with van der Waals surface area (Å²) >= 11 is 0. The third kappa shape index (κ3) is 4.03. The van der Waals surface area contributed by atoms with E-state index in [9.17, 15) is 8.78 Å². The number of pyridine rings is 1. The van der Waals surface area contributed by atoms with E-state index in [0.717, 1.165) is 11.1 Å². The van der Waals surface area contributed by atoms with Gasteiger partial charge in [-0.2, -0.15) is 13.8 Å². The highest BCUT2D eigenvalue weighted by Crippen LogP contribution is 2.18. The molecular weight excluding hydrogens is 318 g/mol. The number of rotatable bonds is 6. The molecule has 0 spiro atoms. The van der Waals surface area contributed by atoms with Crippen LogP contribution in [-0.4, -0.2) is 21.7 Å². The van der Waals surface area contributed by atoms with E-state index < -0.39 is 6.61 Å². The fourth-order valence-corrected chi connectivity index (χ4v) is 1.97. The van der Waals surface area contributed by atoms with E-state index in [1.165, 1.54) is 12.3 Å². The number of hydrogen-bond donors (Lipinski definition) is 1. The lowest BCUT2D eigenvalue weighted by Crippen LogP contribution is -2.04. The maximum Gasteiger partial charge on any atom is 0.387 e. The predicted octanol–water partition coefficient (Wildman–Crippen LogP) is 3.65. The second-order valence-electron chi connectivity index (χ2n) is 5.01. The van der Waals surface area contributed by atoms with Crippen LogP contribution in [0.2, 0.25) is 0 Å². The number of alkyl halides is 2. The number of anilines is 1. The quantitative estimate of drug-likeness (QED) is 0.743. The van der Waals surface area contributed by atoms with E-state index in [1.807, 2.05) is 31.2 Å². The standard InChI is InChI=1S/C16H14F2N4O2/c1-10-2-4-11(5-3-10)14-21-16(24-22-14)20-8-12-6-7-13(9-19-12)23-15(17)18/h2-7,9,15H,8H2,1H3,(H,20,21,22). The van der Waals surface area contributed by atoms with E-state index in [-0.39, 0.29) is 11.8 Å². The lowest BCUT2D eigenvalue weighted by molar-refractivity contribution is -0.0500. The Morgan fingerprint density at radius 2 is 1.96 bits per heavy atom. The first-order valence-electron chi connectivity index (χ1n) is 7.14. The van der Waals surface area contributed by atoms with Crippen LogP contribution in [-0.2, 0) is 6.54 Å². The number of aryl methyl sites for hydroxylation is 1. The van der Waals surface area contributed by atoms with Gasteiger partial charge in [0.2, 0.25) is 5.82 Å². The molecule has 1 N–H and O–H groups in total. The van der Waals surface area contributed by atoms with Crippen LogP contribution >= 0.6 is 0 Å². The molecule has 2 heterocycles. The zero-order valence-electron chi connectivity index (χ0n) is 12.7. The number of hydrogen-bond acceptors (Lipinski definition) is 6. The highest BCUT2D eigenvalue weighted by Gasteiger charge is 2.09. The first-order chi connectivity index (χ1) is 11.6. The average Bonchev–Trinajstić information content (AvgIpc) is 3.03. The Morgan fingerprint density at radius 3 is 2.62 bits per heavy atom. The number of nitrogens with one attached hydrogen (secondary N) is 1. The molecule has 0 fully saturated rings. The second-order valence-corrected chi connectivity index (χ2v) is 5.01. The van der Waals surface area contributed by atoms with Crippen LogP contribution in [0, 0.1) is 6.92 Å². The summed E-state index contributed by atoms with van der Waals surface area (Å²) in [5, 5.41) is 6.83. The molecule has 124 valence electrons. The smallest absolute Gasteiger partial charge is 0.387 e. The van der Waals surface area contributed by atoms with Crippen LogP contribution < -0.4 is 10.1 Å². The highest BCUT2D eigenvalue weighted by molar-refractivity contribution is 5.55. The maximum absolute atomic E-state index is 12.1. The van der Waals surface area contributed by atoms with Crippen LogP contribution in [0.4, 0.5) is 14.8 Å². The summed E-state index contributed by atoms with van der Waals surface area (Å²) < 4.78 is 33.5. The summed E-state index contributed by atoms with van der Waals surface area (Å²) in [5.41, 5.74) is 2.61. The molecule has 0 atom stereocenters. The zero-order chi connectivity index (χ0) is 16.9. The molecule has 3 aromatic rings. The Morgan fingerprint density at radius 1 is 1.17 bits per heavy atom. The monoisotopic (exact) mass is 332 g/mol. The Balaban J connectivity index is 1.60. The molecule has 2 aromatic heterocycles. The van der Waals surface area contributed by atoms with E-state index in [4.69, 9.17) is 4.52 Å². The number of halogens is 2. The lowest BCUT2D eigenvalue weighted by atomic mass is 10.1. The van der Waals surface area contributed by atoms with Gasteiger partial charge >= 0.3 is 12.6 Å². The summed E-state index contributed by atoms with van der Waals surface area (Å²) in [5.74, 6) is 0.485. The largest absolute Gasteiger partial charge is 0.433 e. The molecule has 0 unspecified atom stereocenters. The van der Waals surface area contributed by atoms with Gasteiger partial charge in [0.1, 0.15) is 5.75 Å². The zero-order valence-corrected chi connectivity index (χ0v) is 12.7. The first kappa shape index (κ1) is 15.9. The Bertz CT molecular complexity index is 789. The minimum Gasteiger partial charge on any atom is -0.433 e. The first-order valence-corrected chi connectivity index (χ1v) is 7.14. The van der Waals surface area contributed by atoms with Gasteiger partial charge in [0.05, 0.1) is 18.4 Å². The van der Waals surface area contributed by atoms with Gasteiger partial charge in [-0.05, 0) is 19.1 Å². The molecule has 0 aliphatic heterocycles. The van der Waals surface area contributed by atoms with Gasteiger partial charge in [-0.15, -0.1) is 0 Å². The average molecular weight is 332 g/mol. The van der Waals surface area contributed by atoms with Crippen LogP contribution in [0.3, 0.4) is 0 Å². The Kier molecular flexibility index (Phi) is 4.64. The minimum atomic E-state index is -2.87.